The number of carbonyl (C=O) groups is 2. The van der Waals surface area contributed by atoms with Crippen LogP contribution in [0.4, 0.5) is 9.18 Å². The minimum atomic E-state index is -2.17. The second-order valence-electron chi connectivity index (χ2n) is 7.48. The average molecular weight is 451 g/mol. The highest BCUT2D eigenvalue weighted by Crippen LogP contribution is 2.29. The van der Waals surface area contributed by atoms with E-state index >= 15 is 4.39 Å². The van der Waals surface area contributed by atoms with Crippen molar-refractivity contribution in [3.8, 4) is 0 Å². The number of hydrogen-bond acceptors (Lipinski definition) is 7. The maximum Gasteiger partial charge on any atom is 0.410 e. The van der Waals surface area contributed by atoms with Gasteiger partial charge >= 0.3 is 6.09 Å². The topological polar surface area (TPSA) is 88.8 Å². The van der Waals surface area contributed by atoms with Crippen LogP contribution >= 0.6 is 11.8 Å². The number of likely N-dealkylation sites (tertiary alicyclic amines) is 1. The van der Waals surface area contributed by atoms with Crippen LogP contribution in [0.2, 0.25) is 0 Å². The quantitative estimate of drug-likeness (QED) is 0.607. The number of rotatable bonds is 8. The van der Waals surface area contributed by atoms with Crippen LogP contribution in [0.3, 0.4) is 0 Å². The molecule has 1 aliphatic rings. The molecule has 8 nitrogen and oxygen atoms in total. The number of alkyl halides is 1. The summed E-state index contributed by atoms with van der Waals surface area (Å²) in [5.41, 5.74) is -1.34. The number of ether oxygens (including phenoxy) is 1. The van der Waals surface area contributed by atoms with Crippen LogP contribution in [-0.2, 0) is 22.7 Å². The van der Waals surface area contributed by atoms with E-state index in [0.29, 0.717) is 5.82 Å². The molecule has 0 N–H and O–H groups in total. The SMILES string of the molecule is CCSC(C)c1noc(CN(C)C(=O)C2(F)CCN(C(=O)OCc3ccccc3)C2)n1. The number of halogens is 1. The predicted molar refractivity (Wildman–Crippen MR) is 114 cm³/mol. The number of amides is 2. The van der Waals surface area contributed by atoms with Crippen LogP contribution in [0.25, 0.3) is 0 Å². The van der Waals surface area contributed by atoms with Gasteiger partial charge in [0.15, 0.2) is 5.82 Å². The summed E-state index contributed by atoms with van der Waals surface area (Å²) in [5, 5.41) is 4.01. The van der Waals surface area contributed by atoms with Crippen LogP contribution in [0.1, 0.15) is 42.8 Å². The molecule has 31 heavy (non-hydrogen) atoms. The lowest BCUT2D eigenvalue weighted by Gasteiger charge is -2.25. The summed E-state index contributed by atoms with van der Waals surface area (Å²) in [7, 11) is 1.48. The van der Waals surface area contributed by atoms with Crippen molar-refractivity contribution in [1.82, 2.24) is 19.9 Å². The molecule has 2 amide bonds. The fraction of sp³-hybridized carbons (Fsp3) is 0.524. The Kier molecular flexibility index (Phi) is 7.53. The van der Waals surface area contributed by atoms with Gasteiger partial charge < -0.3 is 19.1 Å². The molecule has 0 bridgehead atoms. The van der Waals surface area contributed by atoms with Gasteiger partial charge in [0.1, 0.15) is 6.61 Å². The lowest BCUT2D eigenvalue weighted by molar-refractivity contribution is -0.142. The Morgan fingerprint density at radius 1 is 1.39 bits per heavy atom. The zero-order valence-corrected chi connectivity index (χ0v) is 18.7. The van der Waals surface area contributed by atoms with Gasteiger partial charge in [-0.05, 0) is 18.2 Å². The van der Waals surface area contributed by atoms with Crippen LogP contribution in [0, 0.1) is 0 Å². The van der Waals surface area contributed by atoms with Crippen LogP contribution in [0.5, 0.6) is 0 Å². The number of nitrogens with zero attached hydrogens (tertiary/aromatic N) is 4. The number of aromatic nitrogens is 2. The molecule has 3 rings (SSSR count). The zero-order valence-electron chi connectivity index (χ0n) is 17.9. The summed E-state index contributed by atoms with van der Waals surface area (Å²) in [6.45, 7) is 3.87. The number of thioether (sulfide) groups is 1. The Bertz CT molecular complexity index is 897. The van der Waals surface area contributed by atoms with E-state index in [9.17, 15) is 9.59 Å². The lowest BCUT2D eigenvalue weighted by Crippen LogP contribution is -2.46. The summed E-state index contributed by atoms with van der Waals surface area (Å²) in [6.07, 6.45) is -0.724. The fourth-order valence-corrected chi connectivity index (χ4v) is 4.10. The van der Waals surface area contributed by atoms with Crippen LogP contribution < -0.4 is 0 Å². The van der Waals surface area contributed by atoms with Crippen molar-refractivity contribution < 1.29 is 23.2 Å². The molecule has 2 unspecified atom stereocenters. The van der Waals surface area contributed by atoms with E-state index in [1.54, 1.807) is 11.8 Å². The highest BCUT2D eigenvalue weighted by Gasteiger charge is 2.48. The van der Waals surface area contributed by atoms with E-state index in [1.807, 2.05) is 44.2 Å². The Balaban J connectivity index is 1.53. The Morgan fingerprint density at radius 2 is 2.13 bits per heavy atom. The average Bonchev–Trinajstić information content (AvgIpc) is 3.40. The van der Waals surface area contributed by atoms with E-state index in [-0.39, 0.29) is 43.8 Å². The lowest BCUT2D eigenvalue weighted by atomic mass is 10.0. The minimum Gasteiger partial charge on any atom is -0.445 e. The minimum absolute atomic E-state index is 0.000527. The number of hydrogen-bond donors (Lipinski definition) is 0. The van der Waals surface area contributed by atoms with Gasteiger partial charge in [0.05, 0.1) is 18.3 Å². The summed E-state index contributed by atoms with van der Waals surface area (Å²) >= 11 is 1.67. The normalized spacial score (nSPS) is 19.3. The molecular weight excluding hydrogens is 423 g/mol. The molecule has 10 heteroatoms. The third-order valence-corrected chi connectivity index (χ3v) is 6.09. The molecule has 2 atom stereocenters. The second-order valence-corrected chi connectivity index (χ2v) is 9.10. The van der Waals surface area contributed by atoms with Crippen molar-refractivity contribution >= 4 is 23.8 Å². The van der Waals surface area contributed by atoms with Gasteiger partial charge in [-0.15, -0.1) is 0 Å². The number of carbonyl (C=O) groups excluding carboxylic acids is 2. The molecule has 1 aromatic heterocycles. The Labute approximate surface area is 185 Å². The second kappa shape index (κ2) is 10.1. The van der Waals surface area contributed by atoms with Gasteiger partial charge in [-0.1, -0.05) is 42.4 Å². The molecule has 0 spiro atoms. The first-order chi connectivity index (χ1) is 14.8. The number of benzene rings is 1. The van der Waals surface area contributed by atoms with E-state index in [2.05, 4.69) is 10.1 Å². The molecule has 2 aromatic rings. The molecule has 1 saturated heterocycles. The molecule has 2 heterocycles. The predicted octanol–water partition coefficient (Wildman–Crippen LogP) is 3.59. The largest absolute Gasteiger partial charge is 0.445 e. The summed E-state index contributed by atoms with van der Waals surface area (Å²) in [4.78, 5) is 31.8. The van der Waals surface area contributed by atoms with E-state index in [4.69, 9.17) is 9.26 Å². The molecule has 168 valence electrons. The van der Waals surface area contributed by atoms with Gasteiger partial charge in [-0.2, -0.15) is 16.7 Å². The zero-order chi connectivity index (χ0) is 22.4. The van der Waals surface area contributed by atoms with Crippen LogP contribution in [0.15, 0.2) is 34.9 Å². The van der Waals surface area contributed by atoms with E-state index < -0.39 is 17.7 Å². The summed E-state index contributed by atoms with van der Waals surface area (Å²) in [5.74, 6) is 0.987. The first-order valence-corrected chi connectivity index (χ1v) is 11.2. The van der Waals surface area contributed by atoms with Gasteiger partial charge in [-0.25, -0.2) is 9.18 Å². The van der Waals surface area contributed by atoms with Crippen molar-refractivity contribution in [3.63, 3.8) is 0 Å². The molecule has 1 fully saturated rings. The first-order valence-electron chi connectivity index (χ1n) is 10.2. The third kappa shape index (κ3) is 5.75. The monoisotopic (exact) mass is 450 g/mol. The molecule has 1 aliphatic heterocycles. The van der Waals surface area contributed by atoms with Crippen LogP contribution in [-0.4, -0.2) is 63.5 Å². The molecule has 0 aliphatic carbocycles. The molecular formula is C21H27FN4O4S. The van der Waals surface area contributed by atoms with Gasteiger partial charge in [-0.3, -0.25) is 4.79 Å². The van der Waals surface area contributed by atoms with Gasteiger partial charge in [0.2, 0.25) is 11.6 Å². The summed E-state index contributed by atoms with van der Waals surface area (Å²) in [6, 6.07) is 9.22. The highest BCUT2D eigenvalue weighted by atomic mass is 32.2. The van der Waals surface area contributed by atoms with E-state index in [0.717, 1.165) is 11.3 Å². The van der Waals surface area contributed by atoms with Crippen molar-refractivity contribution in [3.05, 3.63) is 47.6 Å². The van der Waals surface area contributed by atoms with Crippen molar-refractivity contribution in [2.24, 2.45) is 0 Å². The molecule has 1 aromatic carbocycles. The van der Waals surface area contributed by atoms with E-state index in [1.165, 1.54) is 16.8 Å². The Hall–Kier alpha value is -2.62. The molecule has 0 saturated carbocycles. The molecule has 0 radical (unpaired) electrons. The smallest absolute Gasteiger partial charge is 0.410 e. The highest BCUT2D eigenvalue weighted by molar-refractivity contribution is 7.99. The van der Waals surface area contributed by atoms with Crippen molar-refractivity contribution in [1.29, 1.82) is 0 Å². The third-order valence-electron chi connectivity index (χ3n) is 5.05. The summed E-state index contributed by atoms with van der Waals surface area (Å²) < 4.78 is 25.8. The van der Waals surface area contributed by atoms with Gasteiger partial charge in [0.25, 0.3) is 5.91 Å². The van der Waals surface area contributed by atoms with Crippen molar-refractivity contribution in [2.75, 3.05) is 25.9 Å². The van der Waals surface area contributed by atoms with Crippen molar-refractivity contribution in [2.45, 2.75) is 44.3 Å². The first kappa shape index (κ1) is 23.1. The maximum absolute atomic E-state index is 15.4. The standard InChI is InChI=1S/C21H27FN4O4S/c1-4-31-15(2)18-23-17(30-24-18)12-25(3)19(27)21(22)10-11-26(14-21)20(28)29-13-16-8-6-5-7-9-16/h5-9,15H,4,10-14H2,1-3H3. The Morgan fingerprint density at radius 3 is 2.84 bits per heavy atom. The maximum atomic E-state index is 15.4. The van der Waals surface area contributed by atoms with Gasteiger partial charge in [0, 0.05) is 20.0 Å². The fourth-order valence-electron chi connectivity index (χ4n) is 3.35.